The normalized spacial score (nSPS) is 13.5. The van der Waals surface area contributed by atoms with Crippen LogP contribution < -0.4 is 10.6 Å². The van der Waals surface area contributed by atoms with Crippen LogP contribution in [0.2, 0.25) is 5.02 Å². The van der Waals surface area contributed by atoms with Gasteiger partial charge in [-0.15, -0.1) is 0 Å². The lowest BCUT2D eigenvalue weighted by Crippen LogP contribution is -2.40. The molecule has 22 heavy (non-hydrogen) atoms. The average Bonchev–Trinajstić information content (AvgIpc) is 2.95. The van der Waals surface area contributed by atoms with E-state index in [4.69, 9.17) is 16.0 Å². The van der Waals surface area contributed by atoms with Crippen LogP contribution in [0.3, 0.4) is 0 Å². The zero-order valence-corrected chi connectivity index (χ0v) is 12.2. The Morgan fingerprint density at radius 2 is 2.05 bits per heavy atom. The summed E-state index contributed by atoms with van der Waals surface area (Å²) in [5.74, 6) is -1.76. The molecule has 0 aliphatic heterocycles. The SMILES string of the molecule is CC(O)(CNC(=O)Nc1c(F)cc(Cl)cc1F)c1ccco1. The minimum atomic E-state index is -1.46. The predicted molar refractivity (Wildman–Crippen MR) is 76.7 cm³/mol. The number of benzene rings is 1. The van der Waals surface area contributed by atoms with Crippen LogP contribution in [0.1, 0.15) is 12.7 Å². The monoisotopic (exact) mass is 330 g/mol. The highest BCUT2D eigenvalue weighted by Crippen LogP contribution is 2.23. The van der Waals surface area contributed by atoms with E-state index in [0.29, 0.717) is 0 Å². The van der Waals surface area contributed by atoms with E-state index in [9.17, 15) is 18.7 Å². The smallest absolute Gasteiger partial charge is 0.319 e. The van der Waals surface area contributed by atoms with Crippen molar-refractivity contribution in [1.82, 2.24) is 5.32 Å². The number of halogens is 3. The standard InChI is InChI=1S/C14H13ClF2N2O3/c1-14(21,11-3-2-4-22-11)7-18-13(20)19-12-9(16)5-8(15)6-10(12)17/h2-6,21H,7H2,1H3,(H2,18,19,20). The first-order valence-corrected chi connectivity index (χ1v) is 6.63. The van der Waals surface area contributed by atoms with Crippen LogP contribution in [0.15, 0.2) is 34.9 Å². The molecule has 0 saturated heterocycles. The lowest BCUT2D eigenvalue weighted by atomic mass is 10.0. The first-order valence-electron chi connectivity index (χ1n) is 6.25. The number of carbonyl (C=O) groups excluding carboxylic acids is 1. The van der Waals surface area contributed by atoms with Crippen molar-refractivity contribution in [2.24, 2.45) is 0 Å². The van der Waals surface area contributed by atoms with Gasteiger partial charge in [-0.3, -0.25) is 0 Å². The number of furan rings is 1. The van der Waals surface area contributed by atoms with E-state index in [1.54, 1.807) is 6.07 Å². The molecule has 0 aliphatic carbocycles. The van der Waals surface area contributed by atoms with Gasteiger partial charge in [0.1, 0.15) is 17.0 Å². The number of anilines is 1. The van der Waals surface area contributed by atoms with Gasteiger partial charge in [0.15, 0.2) is 11.6 Å². The minimum absolute atomic E-state index is 0.123. The second-order valence-electron chi connectivity index (χ2n) is 4.80. The Hall–Kier alpha value is -2.12. The summed E-state index contributed by atoms with van der Waals surface area (Å²) in [4.78, 5) is 11.7. The fraction of sp³-hybridized carbons (Fsp3) is 0.214. The number of hydrogen-bond acceptors (Lipinski definition) is 3. The molecule has 118 valence electrons. The number of urea groups is 1. The summed E-state index contributed by atoms with van der Waals surface area (Å²) in [7, 11) is 0. The van der Waals surface area contributed by atoms with Gasteiger partial charge in [-0.05, 0) is 31.2 Å². The molecular formula is C14H13ClF2N2O3. The highest BCUT2D eigenvalue weighted by molar-refractivity contribution is 6.30. The topological polar surface area (TPSA) is 74.5 Å². The van der Waals surface area contributed by atoms with Crippen molar-refractivity contribution in [1.29, 1.82) is 0 Å². The maximum absolute atomic E-state index is 13.5. The van der Waals surface area contributed by atoms with Crippen molar-refractivity contribution in [2.75, 3.05) is 11.9 Å². The van der Waals surface area contributed by atoms with E-state index in [1.165, 1.54) is 19.3 Å². The lowest BCUT2D eigenvalue weighted by molar-refractivity contribution is 0.0372. The quantitative estimate of drug-likeness (QED) is 0.805. The summed E-state index contributed by atoms with van der Waals surface area (Å²) < 4.78 is 32.1. The summed E-state index contributed by atoms with van der Waals surface area (Å²) in [5, 5.41) is 14.3. The van der Waals surface area contributed by atoms with Gasteiger partial charge in [-0.1, -0.05) is 11.6 Å². The molecule has 2 amide bonds. The number of hydrogen-bond donors (Lipinski definition) is 3. The van der Waals surface area contributed by atoms with Gasteiger partial charge in [-0.2, -0.15) is 0 Å². The molecule has 1 heterocycles. The third kappa shape index (κ3) is 3.75. The molecule has 1 aromatic carbocycles. The van der Waals surface area contributed by atoms with Crippen LogP contribution in [0.5, 0.6) is 0 Å². The molecule has 8 heteroatoms. The van der Waals surface area contributed by atoms with Crippen LogP contribution in [0.4, 0.5) is 19.3 Å². The molecule has 0 bridgehead atoms. The Balaban J connectivity index is 2.00. The van der Waals surface area contributed by atoms with Crippen molar-refractivity contribution >= 4 is 23.3 Å². The minimum Gasteiger partial charge on any atom is -0.466 e. The van der Waals surface area contributed by atoms with Crippen LogP contribution in [-0.2, 0) is 5.60 Å². The molecule has 1 aromatic heterocycles. The highest BCUT2D eigenvalue weighted by atomic mass is 35.5. The average molecular weight is 331 g/mol. The molecule has 0 aliphatic rings. The second-order valence-corrected chi connectivity index (χ2v) is 5.24. The summed E-state index contributed by atoms with van der Waals surface area (Å²) in [5.41, 5.74) is -2.09. The van der Waals surface area contributed by atoms with Crippen LogP contribution >= 0.6 is 11.6 Å². The Morgan fingerprint density at radius 1 is 1.41 bits per heavy atom. The van der Waals surface area contributed by atoms with Gasteiger partial charge in [0.2, 0.25) is 0 Å². The van der Waals surface area contributed by atoms with Crippen LogP contribution in [-0.4, -0.2) is 17.7 Å². The zero-order chi connectivity index (χ0) is 16.3. The largest absolute Gasteiger partial charge is 0.466 e. The first kappa shape index (κ1) is 16.3. The Bertz CT molecular complexity index is 652. The molecular weight excluding hydrogens is 318 g/mol. The summed E-state index contributed by atoms with van der Waals surface area (Å²) in [6.45, 7) is 1.21. The lowest BCUT2D eigenvalue weighted by Gasteiger charge is -2.21. The number of amides is 2. The fourth-order valence-corrected chi connectivity index (χ4v) is 1.94. The fourth-order valence-electron chi connectivity index (χ4n) is 1.74. The van der Waals surface area contributed by atoms with E-state index in [2.05, 4.69) is 5.32 Å². The number of nitrogens with one attached hydrogen (secondary N) is 2. The number of carbonyl (C=O) groups is 1. The van der Waals surface area contributed by atoms with Crippen molar-refractivity contribution in [3.8, 4) is 0 Å². The molecule has 1 atom stereocenters. The third-order valence-electron chi connectivity index (χ3n) is 2.89. The third-order valence-corrected chi connectivity index (χ3v) is 3.11. The summed E-state index contributed by atoms with van der Waals surface area (Å²) in [6, 6.07) is 3.99. The second kappa shape index (κ2) is 6.33. The van der Waals surface area contributed by atoms with E-state index < -0.39 is 29.0 Å². The number of rotatable bonds is 4. The van der Waals surface area contributed by atoms with Crippen molar-refractivity contribution < 1.29 is 23.1 Å². The highest BCUT2D eigenvalue weighted by Gasteiger charge is 2.27. The van der Waals surface area contributed by atoms with E-state index in [0.717, 1.165) is 12.1 Å². The van der Waals surface area contributed by atoms with Crippen LogP contribution in [0.25, 0.3) is 0 Å². The summed E-state index contributed by atoms with van der Waals surface area (Å²) in [6.07, 6.45) is 1.38. The molecule has 0 saturated carbocycles. The molecule has 5 nitrogen and oxygen atoms in total. The van der Waals surface area contributed by atoms with E-state index >= 15 is 0 Å². The Labute approximate surface area is 129 Å². The van der Waals surface area contributed by atoms with Crippen molar-refractivity contribution in [3.63, 3.8) is 0 Å². The molecule has 1 unspecified atom stereocenters. The Morgan fingerprint density at radius 3 is 2.59 bits per heavy atom. The molecule has 0 fully saturated rings. The van der Waals surface area contributed by atoms with Crippen molar-refractivity contribution in [2.45, 2.75) is 12.5 Å². The van der Waals surface area contributed by atoms with Gasteiger partial charge < -0.3 is 20.2 Å². The molecule has 2 rings (SSSR count). The molecule has 0 radical (unpaired) electrons. The van der Waals surface area contributed by atoms with Gasteiger partial charge in [0.25, 0.3) is 0 Å². The zero-order valence-electron chi connectivity index (χ0n) is 11.5. The van der Waals surface area contributed by atoms with Gasteiger partial charge in [-0.25, -0.2) is 13.6 Å². The maximum Gasteiger partial charge on any atom is 0.319 e. The molecule has 0 spiro atoms. The maximum atomic E-state index is 13.5. The van der Waals surface area contributed by atoms with E-state index in [1.807, 2.05) is 5.32 Å². The summed E-state index contributed by atoms with van der Waals surface area (Å²) >= 11 is 5.49. The Kier molecular flexibility index (Phi) is 4.68. The van der Waals surface area contributed by atoms with E-state index in [-0.39, 0.29) is 17.3 Å². The van der Waals surface area contributed by atoms with Gasteiger partial charge >= 0.3 is 6.03 Å². The first-order chi connectivity index (χ1) is 10.3. The molecule has 2 aromatic rings. The number of aliphatic hydroxyl groups is 1. The van der Waals surface area contributed by atoms with Crippen LogP contribution in [0, 0.1) is 11.6 Å². The predicted octanol–water partition coefficient (Wildman–Crippen LogP) is 3.24. The van der Waals surface area contributed by atoms with Gasteiger partial charge in [0, 0.05) is 5.02 Å². The van der Waals surface area contributed by atoms with Gasteiger partial charge in [0.05, 0.1) is 12.8 Å². The van der Waals surface area contributed by atoms with Crippen molar-refractivity contribution in [3.05, 3.63) is 52.9 Å². The molecule has 3 N–H and O–H groups in total.